The Labute approximate surface area is 108 Å². The first-order valence-electron chi connectivity index (χ1n) is 6.14. The number of piperazine rings is 1. The molecule has 3 nitrogen and oxygen atoms in total. The van der Waals surface area contributed by atoms with Gasteiger partial charge in [-0.2, -0.15) is 0 Å². The minimum Gasteiger partial charge on any atom is -0.369 e. The first-order valence-corrected chi connectivity index (χ1v) is 6.52. The van der Waals surface area contributed by atoms with Crippen molar-refractivity contribution in [2.24, 2.45) is 5.73 Å². The Bertz CT molecular complexity index is 373. The third-order valence-electron chi connectivity index (χ3n) is 3.32. The Morgan fingerprint density at radius 3 is 2.53 bits per heavy atom. The highest BCUT2D eigenvalue weighted by atomic mass is 35.5. The summed E-state index contributed by atoms with van der Waals surface area (Å²) in [6.45, 7) is 8.21. The fraction of sp³-hybridized carbons (Fsp3) is 0.538. The molecule has 0 unspecified atom stereocenters. The molecule has 0 radical (unpaired) electrons. The number of halogens is 1. The molecule has 0 bridgehead atoms. The van der Waals surface area contributed by atoms with Gasteiger partial charge in [-0.1, -0.05) is 11.6 Å². The molecular formula is C13H20ClN3. The van der Waals surface area contributed by atoms with Gasteiger partial charge in [0.1, 0.15) is 0 Å². The second kappa shape index (κ2) is 5.71. The largest absolute Gasteiger partial charge is 0.369 e. The maximum absolute atomic E-state index is 5.98. The van der Waals surface area contributed by atoms with Crippen LogP contribution in [0.2, 0.25) is 5.02 Å². The molecule has 1 heterocycles. The predicted octanol–water partition coefficient (Wildman–Crippen LogP) is 1.73. The lowest BCUT2D eigenvalue weighted by Crippen LogP contribution is -2.47. The molecule has 0 saturated carbocycles. The standard InChI is InChI=1S/C13H20ClN3/c1-11-10-12(14)2-3-13(11)17-8-6-16(5-4-15)7-9-17/h2-3,10H,4-9,15H2,1H3. The number of rotatable bonds is 3. The minimum atomic E-state index is 0.750. The number of aryl methyl sites for hydroxylation is 1. The lowest BCUT2D eigenvalue weighted by molar-refractivity contribution is 0.265. The molecule has 2 N–H and O–H groups in total. The van der Waals surface area contributed by atoms with Crippen LogP contribution >= 0.6 is 11.6 Å². The van der Waals surface area contributed by atoms with Crippen molar-refractivity contribution in [1.29, 1.82) is 0 Å². The monoisotopic (exact) mass is 253 g/mol. The molecule has 0 aliphatic carbocycles. The normalized spacial score (nSPS) is 17.5. The molecule has 1 fully saturated rings. The first-order chi connectivity index (χ1) is 8.20. The molecule has 94 valence electrons. The molecular weight excluding hydrogens is 234 g/mol. The summed E-state index contributed by atoms with van der Waals surface area (Å²) < 4.78 is 0. The van der Waals surface area contributed by atoms with Gasteiger partial charge in [0.2, 0.25) is 0 Å². The van der Waals surface area contributed by atoms with E-state index in [1.807, 2.05) is 12.1 Å². The smallest absolute Gasteiger partial charge is 0.0410 e. The summed E-state index contributed by atoms with van der Waals surface area (Å²) in [5, 5.41) is 0.813. The molecule has 1 aromatic rings. The summed E-state index contributed by atoms with van der Waals surface area (Å²) in [7, 11) is 0. The Kier molecular flexibility index (Phi) is 4.26. The van der Waals surface area contributed by atoms with Crippen LogP contribution in [-0.4, -0.2) is 44.2 Å². The molecule has 1 saturated heterocycles. The summed E-state index contributed by atoms with van der Waals surface area (Å²) >= 11 is 5.98. The van der Waals surface area contributed by atoms with Gasteiger partial charge in [-0.3, -0.25) is 4.90 Å². The van der Waals surface area contributed by atoms with Gasteiger partial charge >= 0.3 is 0 Å². The number of nitrogens with two attached hydrogens (primary N) is 1. The average molecular weight is 254 g/mol. The molecule has 1 aliphatic rings. The van der Waals surface area contributed by atoms with Crippen molar-refractivity contribution < 1.29 is 0 Å². The highest BCUT2D eigenvalue weighted by Gasteiger charge is 2.17. The second-order valence-corrected chi connectivity index (χ2v) is 4.98. The Balaban J connectivity index is 2.00. The molecule has 2 rings (SSSR count). The van der Waals surface area contributed by atoms with Crippen LogP contribution in [0.3, 0.4) is 0 Å². The van der Waals surface area contributed by atoms with E-state index in [9.17, 15) is 0 Å². The lowest BCUT2D eigenvalue weighted by Gasteiger charge is -2.36. The molecule has 0 spiro atoms. The van der Waals surface area contributed by atoms with Crippen molar-refractivity contribution in [2.75, 3.05) is 44.2 Å². The topological polar surface area (TPSA) is 32.5 Å². The number of hydrogen-bond acceptors (Lipinski definition) is 3. The van der Waals surface area contributed by atoms with Crippen LogP contribution in [0.25, 0.3) is 0 Å². The third kappa shape index (κ3) is 3.12. The van der Waals surface area contributed by atoms with Crippen LogP contribution in [0.5, 0.6) is 0 Å². The van der Waals surface area contributed by atoms with Gasteiger partial charge in [0, 0.05) is 50.0 Å². The SMILES string of the molecule is Cc1cc(Cl)ccc1N1CCN(CCN)CC1. The number of hydrogen-bond donors (Lipinski definition) is 1. The zero-order valence-electron chi connectivity index (χ0n) is 10.3. The summed E-state index contributed by atoms with van der Waals surface area (Å²) in [6, 6.07) is 6.12. The summed E-state index contributed by atoms with van der Waals surface area (Å²) in [4.78, 5) is 4.85. The molecule has 1 aromatic carbocycles. The van der Waals surface area contributed by atoms with Gasteiger partial charge in [0.05, 0.1) is 0 Å². The van der Waals surface area contributed by atoms with Gasteiger partial charge in [-0.25, -0.2) is 0 Å². The van der Waals surface area contributed by atoms with Crippen LogP contribution in [0, 0.1) is 6.92 Å². The van der Waals surface area contributed by atoms with Crippen molar-refractivity contribution in [3.63, 3.8) is 0 Å². The highest BCUT2D eigenvalue weighted by molar-refractivity contribution is 6.30. The maximum Gasteiger partial charge on any atom is 0.0410 e. The van der Waals surface area contributed by atoms with E-state index < -0.39 is 0 Å². The highest BCUT2D eigenvalue weighted by Crippen LogP contribution is 2.24. The number of nitrogens with zero attached hydrogens (tertiary/aromatic N) is 2. The van der Waals surface area contributed by atoms with Crippen molar-refractivity contribution >= 4 is 17.3 Å². The average Bonchev–Trinajstić information content (AvgIpc) is 2.31. The van der Waals surface area contributed by atoms with Crippen LogP contribution in [0.15, 0.2) is 18.2 Å². The van der Waals surface area contributed by atoms with Crippen LogP contribution in [0.1, 0.15) is 5.56 Å². The Morgan fingerprint density at radius 2 is 1.94 bits per heavy atom. The lowest BCUT2D eigenvalue weighted by atomic mass is 10.1. The van der Waals surface area contributed by atoms with Gasteiger partial charge in [-0.15, -0.1) is 0 Å². The van der Waals surface area contributed by atoms with Crippen LogP contribution in [-0.2, 0) is 0 Å². The maximum atomic E-state index is 5.98. The van der Waals surface area contributed by atoms with E-state index in [1.165, 1.54) is 11.3 Å². The van der Waals surface area contributed by atoms with Crippen LogP contribution in [0.4, 0.5) is 5.69 Å². The first kappa shape index (κ1) is 12.7. The Morgan fingerprint density at radius 1 is 1.24 bits per heavy atom. The van der Waals surface area contributed by atoms with E-state index in [-0.39, 0.29) is 0 Å². The summed E-state index contributed by atoms with van der Waals surface area (Å²) in [5.74, 6) is 0. The summed E-state index contributed by atoms with van der Waals surface area (Å²) in [5.41, 5.74) is 8.14. The molecule has 1 aliphatic heterocycles. The number of anilines is 1. The fourth-order valence-electron chi connectivity index (χ4n) is 2.37. The number of benzene rings is 1. The fourth-order valence-corrected chi connectivity index (χ4v) is 2.60. The van der Waals surface area contributed by atoms with E-state index in [2.05, 4.69) is 22.8 Å². The van der Waals surface area contributed by atoms with Gasteiger partial charge in [-0.05, 0) is 30.7 Å². The predicted molar refractivity (Wildman–Crippen MR) is 73.9 cm³/mol. The zero-order chi connectivity index (χ0) is 12.3. The molecule has 0 amide bonds. The Hall–Kier alpha value is -0.770. The minimum absolute atomic E-state index is 0.750. The van der Waals surface area contributed by atoms with Crippen molar-refractivity contribution in [3.05, 3.63) is 28.8 Å². The van der Waals surface area contributed by atoms with Crippen molar-refractivity contribution in [3.8, 4) is 0 Å². The van der Waals surface area contributed by atoms with E-state index in [4.69, 9.17) is 17.3 Å². The van der Waals surface area contributed by atoms with E-state index in [0.29, 0.717) is 0 Å². The quantitative estimate of drug-likeness (QED) is 0.891. The van der Waals surface area contributed by atoms with Gasteiger partial charge in [0.15, 0.2) is 0 Å². The molecule has 0 aromatic heterocycles. The third-order valence-corrected chi connectivity index (χ3v) is 3.55. The summed E-state index contributed by atoms with van der Waals surface area (Å²) in [6.07, 6.45) is 0. The van der Waals surface area contributed by atoms with Crippen LogP contribution < -0.4 is 10.6 Å². The van der Waals surface area contributed by atoms with E-state index >= 15 is 0 Å². The van der Waals surface area contributed by atoms with Crippen molar-refractivity contribution in [1.82, 2.24) is 4.90 Å². The van der Waals surface area contributed by atoms with E-state index in [0.717, 1.165) is 44.3 Å². The van der Waals surface area contributed by atoms with E-state index in [1.54, 1.807) is 0 Å². The van der Waals surface area contributed by atoms with Crippen molar-refractivity contribution in [2.45, 2.75) is 6.92 Å². The second-order valence-electron chi connectivity index (χ2n) is 4.55. The van der Waals surface area contributed by atoms with Gasteiger partial charge < -0.3 is 10.6 Å². The molecule has 4 heteroatoms. The molecule has 17 heavy (non-hydrogen) atoms. The molecule has 0 atom stereocenters. The zero-order valence-corrected chi connectivity index (χ0v) is 11.1. The van der Waals surface area contributed by atoms with Gasteiger partial charge in [0.25, 0.3) is 0 Å².